The summed E-state index contributed by atoms with van der Waals surface area (Å²) in [5.74, 6) is -4.46. The van der Waals surface area contributed by atoms with E-state index in [1.54, 1.807) is 0 Å². The van der Waals surface area contributed by atoms with Crippen molar-refractivity contribution >= 4 is 11.8 Å². The van der Waals surface area contributed by atoms with Crippen molar-refractivity contribution in [1.29, 1.82) is 0 Å². The SMILES string of the molecule is O=C1OC(COc2ccon2)CN1c1cc(F)c(-c2ccc(C3(F)C4COCC43)nc2)c(F)c1F. The van der Waals surface area contributed by atoms with E-state index in [9.17, 15) is 18.0 Å². The first-order valence-corrected chi connectivity index (χ1v) is 10.8. The van der Waals surface area contributed by atoms with E-state index >= 15 is 4.39 Å². The number of ether oxygens (including phenoxy) is 3. The average Bonchev–Trinajstić information content (AvgIpc) is 3.41. The first-order valence-electron chi connectivity index (χ1n) is 10.8. The largest absolute Gasteiger partial charge is 0.471 e. The molecular weight excluding hydrogens is 474 g/mol. The minimum atomic E-state index is -1.62. The Labute approximate surface area is 195 Å². The van der Waals surface area contributed by atoms with Crippen LogP contribution in [0, 0.1) is 29.3 Å². The standard InChI is InChI=1S/C23H17F4N3O5/c24-15-5-16(30-7-12(35-22(30)31)8-33-18-3-4-34-29-18)20(25)21(26)19(15)11-1-2-17(28-6-11)23(27)13-9-32-10-14(13)23/h1-6,12-14H,7-10H2. The lowest BCUT2D eigenvalue weighted by molar-refractivity contribution is 0.0974. The molecule has 182 valence electrons. The molecule has 2 aromatic heterocycles. The Morgan fingerprint density at radius 1 is 1.14 bits per heavy atom. The number of amides is 1. The molecule has 35 heavy (non-hydrogen) atoms. The van der Waals surface area contributed by atoms with E-state index in [1.165, 1.54) is 24.5 Å². The Morgan fingerprint density at radius 3 is 2.63 bits per heavy atom. The van der Waals surface area contributed by atoms with Crippen molar-refractivity contribution in [1.82, 2.24) is 10.1 Å². The van der Waals surface area contributed by atoms with Crippen LogP contribution in [0.4, 0.5) is 28.0 Å². The summed E-state index contributed by atoms with van der Waals surface area (Å²) in [5.41, 5.74) is -2.82. The van der Waals surface area contributed by atoms with Crippen LogP contribution in [0.25, 0.3) is 11.1 Å². The molecule has 3 unspecified atom stereocenters. The lowest BCUT2D eigenvalue weighted by Gasteiger charge is -2.17. The lowest BCUT2D eigenvalue weighted by atomic mass is 10.0. The first kappa shape index (κ1) is 21.8. The molecule has 3 aliphatic rings. The number of cyclic esters (lactones) is 1. The molecule has 1 aliphatic carbocycles. The van der Waals surface area contributed by atoms with E-state index in [0.29, 0.717) is 19.3 Å². The van der Waals surface area contributed by atoms with Crippen LogP contribution >= 0.6 is 0 Å². The summed E-state index contributed by atoms with van der Waals surface area (Å²) in [6.45, 7) is 0.271. The molecule has 4 heterocycles. The van der Waals surface area contributed by atoms with Crippen molar-refractivity contribution < 1.29 is 41.1 Å². The summed E-state index contributed by atoms with van der Waals surface area (Å²) >= 11 is 0. The number of halogens is 4. The third-order valence-corrected chi connectivity index (χ3v) is 6.63. The van der Waals surface area contributed by atoms with E-state index in [1.807, 2.05) is 0 Å². The van der Waals surface area contributed by atoms with Crippen LogP contribution in [0.3, 0.4) is 0 Å². The maximum atomic E-state index is 15.1. The van der Waals surface area contributed by atoms with Gasteiger partial charge in [-0.1, -0.05) is 6.07 Å². The van der Waals surface area contributed by atoms with Gasteiger partial charge in [-0.2, -0.15) is 0 Å². The molecular formula is C23H17F4N3O5. The van der Waals surface area contributed by atoms with Crippen molar-refractivity contribution in [2.45, 2.75) is 11.8 Å². The summed E-state index contributed by atoms with van der Waals surface area (Å²) < 4.78 is 80.3. The van der Waals surface area contributed by atoms with Gasteiger partial charge in [-0.25, -0.2) is 22.4 Å². The van der Waals surface area contributed by atoms with Crippen LogP contribution in [-0.2, 0) is 15.1 Å². The van der Waals surface area contributed by atoms with Gasteiger partial charge in [0.15, 0.2) is 23.4 Å². The van der Waals surface area contributed by atoms with E-state index < -0.39 is 46.6 Å². The summed E-state index contributed by atoms with van der Waals surface area (Å²) in [5, 5.41) is 3.54. The predicted molar refractivity (Wildman–Crippen MR) is 110 cm³/mol. The van der Waals surface area contributed by atoms with Gasteiger partial charge in [0.1, 0.15) is 18.7 Å². The molecule has 0 N–H and O–H groups in total. The normalized spacial score (nSPS) is 27.1. The molecule has 0 spiro atoms. The quantitative estimate of drug-likeness (QED) is 0.381. The topological polar surface area (TPSA) is 86.9 Å². The number of carbonyl (C=O) groups excluding carboxylic acids is 1. The maximum Gasteiger partial charge on any atom is 0.414 e. The van der Waals surface area contributed by atoms with Crippen LogP contribution in [0.5, 0.6) is 5.88 Å². The Morgan fingerprint density at radius 2 is 1.94 bits per heavy atom. The monoisotopic (exact) mass is 491 g/mol. The number of hydrogen-bond acceptors (Lipinski definition) is 7. The highest BCUT2D eigenvalue weighted by atomic mass is 19.2. The highest BCUT2D eigenvalue weighted by Crippen LogP contribution is 2.63. The molecule has 0 radical (unpaired) electrons. The van der Waals surface area contributed by atoms with Gasteiger partial charge in [-0.05, 0) is 11.2 Å². The summed E-state index contributed by atoms with van der Waals surface area (Å²) in [7, 11) is 0. The molecule has 2 aliphatic heterocycles. The fraction of sp³-hybridized carbons (Fsp3) is 0.348. The molecule has 1 amide bonds. The van der Waals surface area contributed by atoms with E-state index in [4.69, 9.17) is 14.2 Å². The molecule has 1 aromatic carbocycles. The number of alkyl halides is 1. The van der Waals surface area contributed by atoms with Gasteiger partial charge >= 0.3 is 6.09 Å². The molecule has 6 rings (SSSR count). The maximum absolute atomic E-state index is 15.1. The zero-order valence-electron chi connectivity index (χ0n) is 17.9. The van der Waals surface area contributed by atoms with Gasteiger partial charge in [0, 0.05) is 35.7 Å². The van der Waals surface area contributed by atoms with Gasteiger partial charge in [0.2, 0.25) is 0 Å². The Bertz CT molecular complexity index is 1280. The molecule has 3 aromatic rings. The molecule has 2 saturated heterocycles. The highest BCUT2D eigenvalue weighted by Gasteiger charge is 2.70. The number of carbonyl (C=O) groups is 1. The smallest absolute Gasteiger partial charge is 0.414 e. The van der Waals surface area contributed by atoms with Gasteiger partial charge in [-0.15, -0.1) is 0 Å². The number of rotatable bonds is 6. The zero-order valence-corrected chi connectivity index (χ0v) is 17.9. The molecule has 3 fully saturated rings. The molecule has 0 bridgehead atoms. The summed E-state index contributed by atoms with van der Waals surface area (Å²) in [4.78, 5) is 17.1. The van der Waals surface area contributed by atoms with E-state index in [2.05, 4.69) is 14.7 Å². The van der Waals surface area contributed by atoms with Gasteiger partial charge in [-0.3, -0.25) is 9.88 Å². The van der Waals surface area contributed by atoms with Gasteiger partial charge in [0.25, 0.3) is 5.88 Å². The summed E-state index contributed by atoms with van der Waals surface area (Å²) in [6.07, 6.45) is 0.576. The minimum Gasteiger partial charge on any atom is -0.471 e. The van der Waals surface area contributed by atoms with Gasteiger partial charge in [0.05, 0.1) is 36.7 Å². The molecule has 3 atom stereocenters. The fourth-order valence-corrected chi connectivity index (χ4v) is 4.75. The van der Waals surface area contributed by atoms with E-state index in [-0.39, 0.29) is 42.1 Å². The number of nitrogens with zero attached hydrogens (tertiary/aromatic N) is 3. The molecule has 8 nitrogen and oxygen atoms in total. The Hall–Kier alpha value is -3.67. The second-order valence-corrected chi connectivity index (χ2v) is 8.60. The van der Waals surface area contributed by atoms with Crippen molar-refractivity contribution in [3.05, 3.63) is 59.9 Å². The molecule has 12 heteroatoms. The average molecular weight is 491 g/mol. The third-order valence-electron chi connectivity index (χ3n) is 6.63. The summed E-state index contributed by atoms with van der Waals surface area (Å²) in [6, 6.07) is 4.79. The third kappa shape index (κ3) is 3.42. The van der Waals surface area contributed by atoms with Crippen LogP contribution < -0.4 is 9.64 Å². The number of aromatic nitrogens is 2. The number of anilines is 1. The zero-order chi connectivity index (χ0) is 24.3. The van der Waals surface area contributed by atoms with Crippen molar-refractivity contribution in [2.24, 2.45) is 11.8 Å². The highest BCUT2D eigenvalue weighted by molar-refractivity contribution is 5.90. The van der Waals surface area contributed by atoms with Crippen LogP contribution in [0.1, 0.15) is 5.69 Å². The van der Waals surface area contributed by atoms with Crippen molar-refractivity contribution in [3.63, 3.8) is 0 Å². The number of benzene rings is 1. The second kappa shape index (κ2) is 7.94. The minimum absolute atomic E-state index is 0.0669. The number of hydrogen-bond donors (Lipinski definition) is 0. The van der Waals surface area contributed by atoms with Crippen LogP contribution in [0.15, 0.2) is 41.2 Å². The Kier molecular flexibility index (Phi) is 4.95. The number of pyridine rings is 1. The molecule has 1 saturated carbocycles. The van der Waals surface area contributed by atoms with Gasteiger partial charge < -0.3 is 18.7 Å². The van der Waals surface area contributed by atoms with Crippen molar-refractivity contribution in [3.8, 4) is 17.0 Å². The second-order valence-electron chi connectivity index (χ2n) is 8.60. The first-order chi connectivity index (χ1) is 16.9. The lowest BCUT2D eigenvalue weighted by Crippen LogP contribution is -2.28. The van der Waals surface area contributed by atoms with E-state index in [0.717, 1.165) is 11.1 Å². The van der Waals surface area contributed by atoms with Crippen LogP contribution in [0.2, 0.25) is 0 Å². The predicted octanol–water partition coefficient (Wildman–Crippen LogP) is 4.00. The van der Waals surface area contributed by atoms with Crippen LogP contribution in [-0.4, -0.2) is 48.7 Å². The Balaban J connectivity index is 1.22. The fourth-order valence-electron chi connectivity index (χ4n) is 4.75. The number of fused-ring (bicyclic) bond motifs is 1. The van der Waals surface area contributed by atoms with Crippen molar-refractivity contribution in [2.75, 3.05) is 31.3 Å².